The monoisotopic (exact) mass is 452 g/mol. The first-order valence-electron chi connectivity index (χ1n) is 10.4. The molecular formula is C23H24N4O4S. The smallest absolute Gasteiger partial charge is 0.292 e. The highest BCUT2D eigenvalue weighted by atomic mass is 32.2. The zero-order valence-corrected chi connectivity index (χ0v) is 18.7. The van der Waals surface area contributed by atoms with E-state index >= 15 is 0 Å². The van der Waals surface area contributed by atoms with Gasteiger partial charge in [0, 0.05) is 37.8 Å². The number of anilines is 1. The summed E-state index contributed by atoms with van der Waals surface area (Å²) in [5.74, 6) is 0.473. The number of carbonyl (C=O) groups is 1. The van der Waals surface area contributed by atoms with E-state index in [2.05, 4.69) is 9.89 Å². The Morgan fingerprint density at radius 1 is 1.06 bits per heavy atom. The number of para-hydroxylation sites is 3. The number of benzene rings is 2. The van der Waals surface area contributed by atoms with Crippen LogP contribution in [0.3, 0.4) is 0 Å². The van der Waals surface area contributed by atoms with Crippen molar-refractivity contribution in [3.8, 4) is 5.75 Å². The molecule has 2 aromatic rings. The zero-order chi connectivity index (χ0) is 22.7. The van der Waals surface area contributed by atoms with Crippen LogP contribution >= 0.6 is 11.8 Å². The minimum Gasteiger partial charge on any atom is -0.490 e. The molecule has 0 aromatic heterocycles. The number of nitrogens with zero attached hydrogens (tertiary/aromatic N) is 4. The van der Waals surface area contributed by atoms with Crippen molar-refractivity contribution in [2.24, 2.45) is 4.99 Å². The van der Waals surface area contributed by atoms with Crippen LogP contribution < -0.4 is 9.64 Å². The third-order valence-electron chi connectivity index (χ3n) is 5.15. The molecule has 1 fully saturated rings. The Balaban J connectivity index is 1.44. The van der Waals surface area contributed by atoms with E-state index in [0.29, 0.717) is 41.9 Å². The number of aliphatic imine (C=N–C) groups is 1. The molecule has 1 saturated heterocycles. The summed E-state index contributed by atoms with van der Waals surface area (Å²) in [6.07, 6.45) is 1.86. The van der Waals surface area contributed by atoms with Crippen LogP contribution in [0, 0.1) is 10.1 Å². The Bertz CT molecular complexity index is 1090. The standard InChI is InChI=1S/C23H24N4O4S/c1-16(2)31-20-10-6-3-7-17(20)15-21-22(28)24-23(32-21)26-13-11-25(12-14-26)18-8-4-5-9-19(18)27(29)30/h3-10,15-16H,11-14H2,1-2H3/b21-15+. The molecule has 0 radical (unpaired) electrons. The minimum atomic E-state index is -0.352. The fraction of sp³-hybridized carbons (Fsp3) is 0.304. The summed E-state index contributed by atoms with van der Waals surface area (Å²) in [4.78, 5) is 32.4. The zero-order valence-electron chi connectivity index (χ0n) is 17.9. The summed E-state index contributed by atoms with van der Waals surface area (Å²) in [6.45, 7) is 6.41. The lowest BCUT2D eigenvalue weighted by molar-refractivity contribution is -0.384. The van der Waals surface area contributed by atoms with Crippen molar-refractivity contribution in [2.75, 3.05) is 31.1 Å². The quantitative estimate of drug-likeness (QED) is 0.382. The molecular weight excluding hydrogens is 428 g/mol. The number of piperazine rings is 1. The van der Waals surface area contributed by atoms with E-state index in [9.17, 15) is 14.9 Å². The second kappa shape index (κ2) is 9.44. The maximum atomic E-state index is 12.5. The average Bonchev–Trinajstić information content (AvgIpc) is 3.15. The van der Waals surface area contributed by atoms with Crippen molar-refractivity contribution in [2.45, 2.75) is 20.0 Å². The molecule has 4 rings (SSSR count). The van der Waals surface area contributed by atoms with Crippen LogP contribution in [0.15, 0.2) is 58.4 Å². The molecule has 0 saturated carbocycles. The largest absolute Gasteiger partial charge is 0.490 e. The molecule has 2 heterocycles. The number of hydrogen-bond donors (Lipinski definition) is 0. The van der Waals surface area contributed by atoms with Crippen LogP contribution in [0.1, 0.15) is 19.4 Å². The van der Waals surface area contributed by atoms with Gasteiger partial charge in [-0.15, -0.1) is 0 Å². The lowest BCUT2D eigenvalue weighted by atomic mass is 10.2. The molecule has 0 spiro atoms. The van der Waals surface area contributed by atoms with Crippen molar-refractivity contribution in [1.29, 1.82) is 0 Å². The molecule has 8 nitrogen and oxygen atoms in total. The van der Waals surface area contributed by atoms with E-state index in [1.165, 1.54) is 17.8 Å². The number of amides is 1. The number of carbonyl (C=O) groups excluding carboxylic acids is 1. The van der Waals surface area contributed by atoms with Gasteiger partial charge in [-0.3, -0.25) is 14.9 Å². The number of hydrogen-bond acceptors (Lipinski definition) is 7. The minimum absolute atomic E-state index is 0.0324. The van der Waals surface area contributed by atoms with Gasteiger partial charge in [0.05, 0.1) is 15.9 Å². The van der Waals surface area contributed by atoms with Gasteiger partial charge in [-0.1, -0.05) is 30.3 Å². The van der Waals surface area contributed by atoms with Crippen LogP contribution in [-0.2, 0) is 4.79 Å². The second-order valence-electron chi connectivity index (χ2n) is 7.73. The molecule has 32 heavy (non-hydrogen) atoms. The highest BCUT2D eigenvalue weighted by Crippen LogP contribution is 2.34. The van der Waals surface area contributed by atoms with Gasteiger partial charge in [-0.25, -0.2) is 0 Å². The third kappa shape index (κ3) is 4.77. The molecule has 0 unspecified atom stereocenters. The number of ether oxygens (including phenoxy) is 1. The summed E-state index contributed by atoms with van der Waals surface area (Å²) in [5, 5.41) is 12.0. The van der Waals surface area contributed by atoms with Gasteiger partial charge in [0.25, 0.3) is 11.6 Å². The van der Waals surface area contributed by atoms with Gasteiger partial charge in [0.2, 0.25) is 0 Å². The van der Waals surface area contributed by atoms with Gasteiger partial charge in [0.1, 0.15) is 11.4 Å². The molecule has 2 aromatic carbocycles. The SMILES string of the molecule is CC(C)Oc1ccccc1/C=C1/SC(N2CCN(c3ccccc3[N+](=O)[O-])CC2)=NC1=O. The Morgan fingerprint density at radius 3 is 2.44 bits per heavy atom. The highest BCUT2D eigenvalue weighted by Gasteiger charge is 2.30. The van der Waals surface area contributed by atoms with E-state index in [-0.39, 0.29) is 22.6 Å². The molecule has 9 heteroatoms. The number of nitro groups is 1. The van der Waals surface area contributed by atoms with E-state index < -0.39 is 0 Å². The fourth-order valence-corrected chi connectivity index (χ4v) is 4.62. The summed E-state index contributed by atoms with van der Waals surface area (Å²) in [5.41, 5.74) is 1.57. The Hall–Kier alpha value is -3.33. The van der Waals surface area contributed by atoms with Crippen LogP contribution in [-0.4, -0.2) is 53.2 Å². The van der Waals surface area contributed by atoms with Crippen LogP contribution in [0.4, 0.5) is 11.4 Å². The van der Waals surface area contributed by atoms with Crippen molar-refractivity contribution < 1.29 is 14.5 Å². The van der Waals surface area contributed by atoms with Crippen molar-refractivity contribution in [3.05, 3.63) is 69.1 Å². The van der Waals surface area contributed by atoms with Crippen LogP contribution in [0.5, 0.6) is 5.75 Å². The number of amidine groups is 1. The summed E-state index contributed by atoms with van der Waals surface area (Å²) in [7, 11) is 0. The average molecular weight is 453 g/mol. The fourth-order valence-electron chi connectivity index (χ4n) is 3.66. The first kappa shape index (κ1) is 21.9. The third-order valence-corrected chi connectivity index (χ3v) is 6.19. The molecule has 1 amide bonds. The first-order chi connectivity index (χ1) is 15.4. The number of thioether (sulfide) groups is 1. The van der Waals surface area contributed by atoms with Gasteiger partial charge in [-0.05, 0) is 43.8 Å². The maximum Gasteiger partial charge on any atom is 0.292 e. The van der Waals surface area contributed by atoms with E-state index in [1.54, 1.807) is 12.1 Å². The molecule has 0 atom stereocenters. The normalized spacial score (nSPS) is 17.8. The topological polar surface area (TPSA) is 88.3 Å². The Labute approximate surface area is 190 Å². The van der Waals surface area contributed by atoms with E-state index in [0.717, 1.165) is 11.3 Å². The highest BCUT2D eigenvalue weighted by molar-refractivity contribution is 8.18. The van der Waals surface area contributed by atoms with Crippen LogP contribution in [0.2, 0.25) is 0 Å². The van der Waals surface area contributed by atoms with Crippen molar-refractivity contribution in [3.63, 3.8) is 0 Å². The molecule has 0 N–H and O–H groups in total. The maximum absolute atomic E-state index is 12.5. The molecule has 2 aliphatic heterocycles. The van der Waals surface area contributed by atoms with Gasteiger partial charge >= 0.3 is 0 Å². The summed E-state index contributed by atoms with van der Waals surface area (Å²) >= 11 is 1.36. The van der Waals surface area contributed by atoms with Gasteiger partial charge in [0.15, 0.2) is 5.17 Å². The lowest BCUT2D eigenvalue weighted by Gasteiger charge is -2.36. The summed E-state index contributed by atoms with van der Waals surface area (Å²) < 4.78 is 5.85. The molecule has 2 aliphatic rings. The van der Waals surface area contributed by atoms with Crippen molar-refractivity contribution >= 4 is 40.3 Å². The molecule has 0 bridgehead atoms. The predicted octanol–water partition coefficient (Wildman–Crippen LogP) is 4.17. The van der Waals surface area contributed by atoms with Crippen LogP contribution in [0.25, 0.3) is 6.08 Å². The van der Waals surface area contributed by atoms with Crippen molar-refractivity contribution in [1.82, 2.24) is 4.90 Å². The predicted molar refractivity (Wildman–Crippen MR) is 127 cm³/mol. The lowest BCUT2D eigenvalue weighted by Crippen LogP contribution is -2.48. The van der Waals surface area contributed by atoms with E-state index in [1.807, 2.05) is 55.2 Å². The number of rotatable bonds is 5. The number of nitro benzene ring substituents is 1. The summed E-state index contributed by atoms with van der Waals surface area (Å²) in [6, 6.07) is 14.4. The van der Waals surface area contributed by atoms with Gasteiger partial charge in [-0.2, -0.15) is 4.99 Å². The first-order valence-corrected chi connectivity index (χ1v) is 11.3. The molecule has 0 aliphatic carbocycles. The second-order valence-corrected chi connectivity index (χ2v) is 8.74. The van der Waals surface area contributed by atoms with Gasteiger partial charge < -0.3 is 14.5 Å². The Kier molecular flexibility index (Phi) is 6.45. The molecule has 166 valence electrons. The Morgan fingerprint density at radius 2 is 1.72 bits per heavy atom. The van der Waals surface area contributed by atoms with E-state index in [4.69, 9.17) is 4.74 Å².